The molecule has 0 unspecified atom stereocenters. The van der Waals surface area contributed by atoms with Crippen molar-refractivity contribution in [1.29, 1.82) is 0 Å². The van der Waals surface area contributed by atoms with Crippen LogP contribution >= 0.6 is 12.6 Å². The van der Waals surface area contributed by atoms with Gasteiger partial charge in [0.05, 0.1) is 4.90 Å². The Morgan fingerprint density at radius 2 is 2.00 bits per heavy atom. The molecule has 64 valence electrons. The molecular weight excluding hydrogens is 186 g/mol. The summed E-state index contributed by atoms with van der Waals surface area (Å²) >= 11 is 3.93. The molecule has 2 nitrogen and oxygen atoms in total. The van der Waals surface area contributed by atoms with Crippen molar-refractivity contribution in [1.82, 2.24) is 0 Å². The highest BCUT2D eigenvalue weighted by atomic mass is 32.1. The van der Waals surface area contributed by atoms with Crippen molar-refractivity contribution in [3.8, 4) is 11.5 Å². The summed E-state index contributed by atoms with van der Waals surface area (Å²) in [4.78, 5) is 0.338. The van der Waals surface area contributed by atoms with Crippen molar-refractivity contribution in [3.63, 3.8) is 0 Å². The Bertz CT molecular complexity index is 327. The highest BCUT2D eigenvalue weighted by molar-refractivity contribution is 7.80. The highest BCUT2D eigenvalue weighted by Crippen LogP contribution is 2.44. The third kappa shape index (κ3) is 1.10. The van der Waals surface area contributed by atoms with Crippen LogP contribution in [0.25, 0.3) is 0 Å². The molecule has 0 spiro atoms. The summed E-state index contributed by atoms with van der Waals surface area (Å²) in [5, 5.41) is 0. The van der Waals surface area contributed by atoms with Gasteiger partial charge in [-0.05, 0) is 12.1 Å². The minimum atomic E-state index is -3.55. The maximum absolute atomic E-state index is 12.4. The van der Waals surface area contributed by atoms with E-state index in [1.54, 1.807) is 12.1 Å². The van der Waals surface area contributed by atoms with Crippen LogP contribution in [0.15, 0.2) is 23.1 Å². The molecule has 0 amide bonds. The lowest BCUT2D eigenvalue weighted by Crippen LogP contribution is -2.26. The largest absolute Gasteiger partial charge is 0.586 e. The fourth-order valence-corrected chi connectivity index (χ4v) is 1.20. The predicted octanol–water partition coefficient (Wildman–Crippen LogP) is 2.30. The monoisotopic (exact) mass is 190 g/mol. The lowest BCUT2D eigenvalue weighted by atomic mass is 10.3. The van der Waals surface area contributed by atoms with Gasteiger partial charge in [0.25, 0.3) is 0 Å². The number of thiol groups is 1. The number of alkyl halides is 2. The Morgan fingerprint density at radius 3 is 2.67 bits per heavy atom. The molecule has 2 rings (SSSR count). The van der Waals surface area contributed by atoms with Crippen molar-refractivity contribution in [2.45, 2.75) is 11.2 Å². The van der Waals surface area contributed by atoms with Gasteiger partial charge in [0, 0.05) is 0 Å². The Morgan fingerprint density at radius 1 is 1.25 bits per heavy atom. The predicted molar refractivity (Wildman–Crippen MR) is 39.9 cm³/mol. The SMILES string of the molecule is FC1(F)Oc2cccc(S)c2O1. The van der Waals surface area contributed by atoms with Crippen LogP contribution < -0.4 is 9.47 Å². The Balaban J connectivity index is 2.48. The van der Waals surface area contributed by atoms with Gasteiger partial charge in [-0.3, -0.25) is 0 Å². The van der Waals surface area contributed by atoms with Crippen molar-refractivity contribution in [3.05, 3.63) is 18.2 Å². The fraction of sp³-hybridized carbons (Fsp3) is 0.143. The molecule has 1 aromatic carbocycles. The summed E-state index contributed by atoms with van der Waals surface area (Å²) in [6.45, 7) is 0. The summed E-state index contributed by atoms with van der Waals surface area (Å²) in [7, 11) is 0. The maximum Gasteiger partial charge on any atom is 0.586 e. The molecule has 0 radical (unpaired) electrons. The second-order valence-corrected chi connectivity index (χ2v) is 2.75. The molecule has 0 saturated carbocycles. The van der Waals surface area contributed by atoms with E-state index in [-0.39, 0.29) is 11.5 Å². The third-order valence-electron chi connectivity index (χ3n) is 1.41. The van der Waals surface area contributed by atoms with Gasteiger partial charge in [-0.25, -0.2) is 0 Å². The van der Waals surface area contributed by atoms with E-state index in [9.17, 15) is 8.78 Å². The van der Waals surface area contributed by atoms with Crippen LogP contribution in [0.5, 0.6) is 11.5 Å². The second kappa shape index (κ2) is 2.26. The van der Waals surface area contributed by atoms with Gasteiger partial charge < -0.3 is 9.47 Å². The lowest BCUT2D eigenvalue weighted by Gasteiger charge is -2.04. The molecule has 1 aliphatic rings. The van der Waals surface area contributed by atoms with Gasteiger partial charge in [-0.1, -0.05) is 6.07 Å². The summed E-state index contributed by atoms with van der Waals surface area (Å²) in [5.74, 6) is 0.0123. The minimum Gasteiger partial charge on any atom is -0.395 e. The zero-order valence-electron chi connectivity index (χ0n) is 5.75. The Hall–Kier alpha value is -0.970. The van der Waals surface area contributed by atoms with E-state index in [1.807, 2.05) is 0 Å². The van der Waals surface area contributed by atoms with Crippen LogP contribution in [0.3, 0.4) is 0 Å². The molecular formula is C7H4F2O2S. The van der Waals surface area contributed by atoms with Crippen molar-refractivity contribution in [2.24, 2.45) is 0 Å². The van der Waals surface area contributed by atoms with Crippen LogP contribution in [-0.2, 0) is 0 Å². The van der Waals surface area contributed by atoms with E-state index in [4.69, 9.17) is 0 Å². The summed E-state index contributed by atoms with van der Waals surface area (Å²) < 4.78 is 33.2. The van der Waals surface area contributed by atoms with Crippen LogP contribution in [0, 0.1) is 0 Å². The number of halogens is 2. The molecule has 1 heterocycles. The van der Waals surface area contributed by atoms with Gasteiger partial charge in [-0.2, -0.15) is 0 Å². The van der Waals surface area contributed by atoms with Crippen LogP contribution in [0.1, 0.15) is 0 Å². The normalized spacial score (nSPS) is 17.9. The molecule has 1 aliphatic heterocycles. The first-order valence-corrected chi connectivity index (χ1v) is 3.61. The van der Waals surface area contributed by atoms with E-state index in [2.05, 4.69) is 22.1 Å². The fourth-order valence-electron chi connectivity index (χ4n) is 0.955. The maximum atomic E-state index is 12.4. The summed E-state index contributed by atoms with van der Waals surface area (Å²) in [5.41, 5.74) is 0. The average Bonchev–Trinajstić information content (AvgIpc) is 2.25. The smallest absolute Gasteiger partial charge is 0.395 e. The zero-order valence-corrected chi connectivity index (χ0v) is 6.65. The summed E-state index contributed by atoms with van der Waals surface area (Å²) in [6.07, 6.45) is -3.55. The first kappa shape index (κ1) is 7.67. The van der Waals surface area contributed by atoms with Gasteiger partial charge in [0.1, 0.15) is 0 Å². The van der Waals surface area contributed by atoms with E-state index in [0.29, 0.717) is 4.90 Å². The van der Waals surface area contributed by atoms with Crippen LogP contribution in [0.2, 0.25) is 0 Å². The number of benzene rings is 1. The molecule has 12 heavy (non-hydrogen) atoms. The topological polar surface area (TPSA) is 18.5 Å². The van der Waals surface area contributed by atoms with Crippen molar-refractivity contribution < 1.29 is 18.3 Å². The molecule has 0 bridgehead atoms. The molecule has 0 aromatic heterocycles. The van der Waals surface area contributed by atoms with Crippen molar-refractivity contribution >= 4 is 12.6 Å². The Labute approximate surface area is 72.5 Å². The molecule has 0 fully saturated rings. The van der Waals surface area contributed by atoms with E-state index in [0.717, 1.165) is 0 Å². The van der Waals surface area contributed by atoms with Gasteiger partial charge in [-0.15, -0.1) is 21.4 Å². The quantitative estimate of drug-likeness (QED) is 0.633. The molecule has 5 heteroatoms. The highest BCUT2D eigenvalue weighted by Gasteiger charge is 2.44. The number of hydrogen-bond acceptors (Lipinski definition) is 3. The van der Waals surface area contributed by atoms with E-state index < -0.39 is 6.29 Å². The van der Waals surface area contributed by atoms with E-state index in [1.165, 1.54) is 6.07 Å². The molecule has 0 aliphatic carbocycles. The summed E-state index contributed by atoms with van der Waals surface area (Å²) in [6, 6.07) is 4.51. The van der Waals surface area contributed by atoms with Crippen LogP contribution in [-0.4, -0.2) is 6.29 Å². The lowest BCUT2D eigenvalue weighted by molar-refractivity contribution is -0.287. The Kier molecular flexibility index (Phi) is 1.44. The van der Waals surface area contributed by atoms with E-state index >= 15 is 0 Å². The number of ether oxygens (including phenoxy) is 2. The third-order valence-corrected chi connectivity index (χ3v) is 1.76. The first-order valence-electron chi connectivity index (χ1n) is 3.16. The number of hydrogen-bond donors (Lipinski definition) is 1. The standard InChI is InChI=1S/C7H4F2O2S/c8-7(9)10-4-2-1-3-5(12)6(4)11-7/h1-3,12H. The number of fused-ring (bicyclic) bond motifs is 1. The molecule has 0 atom stereocenters. The molecule has 0 N–H and O–H groups in total. The minimum absolute atomic E-state index is 0.00849. The second-order valence-electron chi connectivity index (χ2n) is 2.27. The van der Waals surface area contributed by atoms with Gasteiger partial charge in [0.15, 0.2) is 11.5 Å². The zero-order chi connectivity index (χ0) is 8.77. The van der Waals surface area contributed by atoms with Crippen molar-refractivity contribution in [2.75, 3.05) is 0 Å². The van der Waals surface area contributed by atoms with Crippen LogP contribution in [0.4, 0.5) is 8.78 Å². The molecule has 0 saturated heterocycles. The van der Waals surface area contributed by atoms with Gasteiger partial charge in [0.2, 0.25) is 0 Å². The number of rotatable bonds is 0. The molecule has 1 aromatic rings. The van der Waals surface area contributed by atoms with Gasteiger partial charge >= 0.3 is 6.29 Å². The first-order chi connectivity index (χ1) is 5.58. The number of para-hydroxylation sites is 1. The average molecular weight is 190 g/mol.